The number of aryl methyl sites for hydroxylation is 1. The highest BCUT2D eigenvalue weighted by Crippen LogP contribution is 2.25. The third kappa shape index (κ3) is 3.45. The molecule has 1 aromatic heterocycles. The lowest BCUT2D eigenvalue weighted by atomic mass is 10.2. The number of aromatic nitrogens is 1. The number of ether oxygens (including phenoxy) is 1. The Labute approximate surface area is 147 Å². The predicted molar refractivity (Wildman–Crippen MR) is 93.8 cm³/mol. The summed E-state index contributed by atoms with van der Waals surface area (Å²) in [6.45, 7) is 5.08. The minimum Gasteiger partial charge on any atom is -0.450 e. The van der Waals surface area contributed by atoms with Crippen LogP contribution in [0.15, 0.2) is 35.4 Å². The van der Waals surface area contributed by atoms with Gasteiger partial charge >= 0.3 is 6.09 Å². The topological polar surface area (TPSA) is 79.8 Å². The molecule has 0 saturated carbocycles. The van der Waals surface area contributed by atoms with Crippen molar-refractivity contribution in [2.24, 2.45) is 0 Å². The van der Waals surface area contributed by atoms with Gasteiger partial charge in [0.2, 0.25) is 10.0 Å². The van der Waals surface area contributed by atoms with E-state index < -0.39 is 16.1 Å². The first-order valence-corrected chi connectivity index (χ1v) is 9.64. The number of carbonyl (C=O) groups excluding carboxylic acids is 1. The summed E-state index contributed by atoms with van der Waals surface area (Å²) in [5, 5.41) is 0.797. The van der Waals surface area contributed by atoms with E-state index in [1.54, 1.807) is 25.3 Å². The maximum Gasteiger partial charge on any atom is 0.409 e. The van der Waals surface area contributed by atoms with E-state index >= 15 is 0 Å². The van der Waals surface area contributed by atoms with Gasteiger partial charge in [-0.05, 0) is 31.5 Å². The van der Waals surface area contributed by atoms with Crippen LogP contribution in [0.4, 0.5) is 4.79 Å². The molecule has 2 aromatic rings. The Kier molecular flexibility index (Phi) is 4.91. The van der Waals surface area contributed by atoms with E-state index in [1.165, 1.54) is 9.21 Å². The second kappa shape index (κ2) is 6.97. The van der Waals surface area contributed by atoms with Gasteiger partial charge in [-0.3, -0.25) is 4.98 Å². The standard InChI is InChI=1S/C17H21N3O4S/c1-3-24-17(21)19-7-9-20(10-8-19)25(22,23)15-6-4-5-14-11-13(2)12-18-16(14)15/h4-6,11-12H,3,7-10H2,1-2H3. The van der Waals surface area contributed by atoms with E-state index in [-0.39, 0.29) is 18.0 Å². The summed E-state index contributed by atoms with van der Waals surface area (Å²) in [5.74, 6) is 0. The van der Waals surface area contributed by atoms with Crippen LogP contribution in [-0.4, -0.2) is 61.5 Å². The molecule has 7 nitrogen and oxygen atoms in total. The molecule has 2 heterocycles. The Balaban J connectivity index is 1.85. The van der Waals surface area contributed by atoms with Crippen molar-refractivity contribution in [1.29, 1.82) is 0 Å². The fourth-order valence-corrected chi connectivity index (χ4v) is 4.50. The van der Waals surface area contributed by atoms with E-state index in [4.69, 9.17) is 4.74 Å². The number of benzene rings is 1. The highest BCUT2D eigenvalue weighted by atomic mass is 32.2. The Morgan fingerprint density at radius 1 is 1.24 bits per heavy atom. The first-order valence-electron chi connectivity index (χ1n) is 8.20. The van der Waals surface area contributed by atoms with Crippen LogP contribution >= 0.6 is 0 Å². The Morgan fingerprint density at radius 2 is 1.96 bits per heavy atom. The van der Waals surface area contributed by atoms with Crippen molar-refractivity contribution >= 4 is 27.0 Å². The van der Waals surface area contributed by atoms with Crippen LogP contribution in [-0.2, 0) is 14.8 Å². The molecule has 1 fully saturated rings. The van der Waals surface area contributed by atoms with Crippen LogP contribution in [0.5, 0.6) is 0 Å². The van der Waals surface area contributed by atoms with Gasteiger partial charge in [-0.2, -0.15) is 4.31 Å². The SMILES string of the molecule is CCOC(=O)N1CCN(S(=O)(=O)c2cccc3cc(C)cnc23)CC1. The molecule has 0 unspecified atom stereocenters. The molecule has 1 aliphatic heterocycles. The molecule has 25 heavy (non-hydrogen) atoms. The number of rotatable bonds is 3. The molecular weight excluding hydrogens is 342 g/mol. The normalized spacial score (nSPS) is 16.2. The van der Waals surface area contributed by atoms with Gasteiger partial charge in [0.1, 0.15) is 4.90 Å². The number of amides is 1. The van der Waals surface area contributed by atoms with Crippen molar-refractivity contribution in [3.05, 3.63) is 36.0 Å². The van der Waals surface area contributed by atoms with Crippen LogP contribution < -0.4 is 0 Å². The lowest BCUT2D eigenvalue weighted by Gasteiger charge is -2.33. The Bertz CT molecular complexity index is 890. The van der Waals surface area contributed by atoms with E-state index in [2.05, 4.69) is 4.98 Å². The number of hydrogen-bond donors (Lipinski definition) is 0. The van der Waals surface area contributed by atoms with Gasteiger partial charge in [0, 0.05) is 37.8 Å². The van der Waals surface area contributed by atoms with Crippen LogP contribution in [0.25, 0.3) is 10.9 Å². The maximum absolute atomic E-state index is 13.0. The monoisotopic (exact) mass is 363 g/mol. The minimum absolute atomic E-state index is 0.203. The quantitative estimate of drug-likeness (QED) is 0.833. The highest BCUT2D eigenvalue weighted by Gasteiger charge is 2.31. The largest absolute Gasteiger partial charge is 0.450 e. The van der Waals surface area contributed by atoms with Gasteiger partial charge in [-0.15, -0.1) is 0 Å². The van der Waals surface area contributed by atoms with E-state index in [0.717, 1.165) is 10.9 Å². The number of nitrogens with zero attached hydrogens (tertiary/aromatic N) is 3. The van der Waals surface area contributed by atoms with Crippen molar-refractivity contribution < 1.29 is 17.9 Å². The number of pyridine rings is 1. The first kappa shape index (κ1) is 17.6. The fraction of sp³-hybridized carbons (Fsp3) is 0.412. The van der Waals surface area contributed by atoms with Gasteiger partial charge < -0.3 is 9.64 Å². The Hall–Kier alpha value is -2.19. The summed E-state index contributed by atoms with van der Waals surface area (Å²) >= 11 is 0. The van der Waals surface area contributed by atoms with Crippen LogP contribution in [0, 0.1) is 6.92 Å². The smallest absolute Gasteiger partial charge is 0.409 e. The second-order valence-electron chi connectivity index (χ2n) is 5.93. The van der Waals surface area contributed by atoms with E-state index in [9.17, 15) is 13.2 Å². The molecule has 0 bridgehead atoms. The number of hydrogen-bond acceptors (Lipinski definition) is 5. The maximum atomic E-state index is 13.0. The molecule has 1 aliphatic rings. The summed E-state index contributed by atoms with van der Waals surface area (Å²) in [5.41, 5.74) is 1.45. The lowest BCUT2D eigenvalue weighted by molar-refractivity contribution is 0.0934. The summed E-state index contributed by atoms with van der Waals surface area (Å²) in [6.07, 6.45) is 1.27. The zero-order chi connectivity index (χ0) is 18.0. The summed E-state index contributed by atoms with van der Waals surface area (Å²) in [7, 11) is -3.67. The molecule has 0 spiro atoms. The minimum atomic E-state index is -3.67. The highest BCUT2D eigenvalue weighted by molar-refractivity contribution is 7.89. The van der Waals surface area contributed by atoms with Crippen molar-refractivity contribution in [1.82, 2.24) is 14.2 Å². The van der Waals surface area contributed by atoms with Gasteiger partial charge in [0.25, 0.3) is 0 Å². The molecule has 1 aromatic carbocycles. The second-order valence-corrected chi connectivity index (χ2v) is 7.84. The molecule has 1 saturated heterocycles. The van der Waals surface area contributed by atoms with Crippen molar-refractivity contribution in [3.8, 4) is 0 Å². The van der Waals surface area contributed by atoms with Crippen molar-refractivity contribution in [3.63, 3.8) is 0 Å². The third-order valence-electron chi connectivity index (χ3n) is 4.19. The van der Waals surface area contributed by atoms with Gasteiger partial charge in [0.05, 0.1) is 12.1 Å². The molecule has 3 rings (SSSR count). The van der Waals surface area contributed by atoms with Gasteiger partial charge in [0.15, 0.2) is 0 Å². The average Bonchev–Trinajstić information content (AvgIpc) is 2.61. The van der Waals surface area contributed by atoms with Crippen LogP contribution in [0.2, 0.25) is 0 Å². The van der Waals surface area contributed by atoms with Crippen LogP contribution in [0.1, 0.15) is 12.5 Å². The van der Waals surface area contributed by atoms with E-state index in [1.807, 2.05) is 19.1 Å². The lowest BCUT2D eigenvalue weighted by Crippen LogP contribution is -2.50. The summed E-state index contributed by atoms with van der Waals surface area (Å²) in [4.78, 5) is 17.8. The molecule has 0 aliphatic carbocycles. The number of para-hydroxylation sites is 1. The average molecular weight is 363 g/mol. The Morgan fingerprint density at radius 3 is 2.64 bits per heavy atom. The molecule has 0 radical (unpaired) electrons. The third-order valence-corrected chi connectivity index (χ3v) is 6.12. The van der Waals surface area contributed by atoms with Crippen molar-refractivity contribution in [2.75, 3.05) is 32.8 Å². The number of fused-ring (bicyclic) bond motifs is 1. The molecule has 134 valence electrons. The van der Waals surface area contributed by atoms with Gasteiger partial charge in [-0.1, -0.05) is 12.1 Å². The van der Waals surface area contributed by atoms with E-state index in [0.29, 0.717) is 25.2 Å². The number of piperazine rings is 1. The van der Waals surface area contributed by atoms with Gasteiger partial charge in [-0.25, -0.2) is 13.2 Å². The number of sulfonamides is 1. The fourth-order valence-electron chi connectivity index (χ4n) is 2.92. The zero-order valence-electron chi connectivity index (χ0n) is 14.3. The van der Waals surface area contributed by atoms with Crippen LogP contribution in [0.3, 0.4) is 0 Å². The first-order chi connectivity index (χ1) is 11.9. The number of carbonyl (C=O) groups is 1. The molecule has 1 amide bonds. The molecule has 0 N–H and O–H groups in total. The molecule has 0 atom stereocenters. The zero-order valence-corrected chi connectivity index (χ0v) is 15.1. The molecule has 8 heteroatoms. The van der Waals surface area contributed by atoms with Crippen molar-refractivity contribution in [2.45, 2.75) is 18.7 Å². The molecular formula is C17H21N3O4S. The summed E-state index contributed by atoms with van der Waals surface area (Å²) in [6, 6.07) is 7.08. The predicted octanol–water partition coefficient (Wildman–Crippen LogP) is 2.01. The summed E-state index contributed by atoms with van der Waals surface area (Å²) < 4.78 is 32.4.